The molecule has 1 atom stereocenters. The van der Waals surface area contributed by atoms with Gasteiger partial charge in [0.05, 0.1) is 18.4 Å². The number of pyridine rings is 1. The van der Waals surface area contributed by atoms with Crippen LogP contribution >= 0.6 is 11.3 Å². The van der Waals surface area contributed by atoms with Gasteiger partial charge in [-0.25, -0.2) is 4.79 Å². The van der Waals surface area contributed by atoms with Crippen LogP contribution in [-0.2, 0) is 17.8 Å². The highest BCUT2D eigenvalue weighted by molar-refractivity contribution is 7.10. The van der Waals surface area contributed by atoms with E-state index in [0.29, 0.717) is 19.7 Å². The number of aryl methyl sites for hydroxylation is 1. The summed E-state index contributed by atoms with van der Waals surface area (Å²) in [7, 11) is 0. The first kappa shape index (κ1) is 17.9. The fourth-order valence-electron chi connectivity index (χ4n) is 3.00. The van der Waals surface area contributed by atoms with Gasteiger partial charge in [0.2, 0.25) is 0 Å². The Bertz CT molecular complexity index is 674. The van der Waals surface area contributed by atoms with Crippen molar-refractivity contribution in [3.63, 3.8) is 0 Å². The first-order valence-electron chi connectivity index (χ1n) is 8.79. The zero-order chi connectivity index (χ0) is 17.5. The van der Waals surface area contributed by atoms with E-state index in [0.717, 1.165) is 31.5 Å². The number of hydrogen-bond acceptors (Lipinski definition) is 4. The third-order valence-electron chi connectivity index (χ3n) is 4.45. The maximum atomic E-state index is 12.4. The topological polar surface area (TPSA) is 54.5 Å². The molecule has 3 heterocycles. The summed E-state index contributed by atoms with van der Waals surface area (Å²) in [6, 6.07) is 7.95. The van der Waals surface area contributed by atoms with Crippen LogP contribution in [0.5, 0.6) is 0 Å². The van der Waals surface area contributed by atoms with Crippen LogP contribution in [0.3, 0.4) is 0 Å². The summed E-state index contributed by atoms with van der Waals surface area (Å²) in [6.07, 6.45) is 4.72. The SMILES string of the molecule is Cc1ccsc1CCNC(=O)N1CCCC(OCc2ccccn2)C1. The average molecular weight is 359 g/mol. The zero-order valence-electron chi connectivity index (χ0n) is 14.6. The fraction of sp³-hybridized carbons (Fsp3) is 0.474. The van der Waals surface area contributed by atoms with Crippen molar-refractivity contribution < 1.29 is 9.53 Å². The van der Waals surface area contributed by atoms with Crippen molar-refractivity contribution in [1.82, 2.24) is 15.2 Å². The molecule has 134 valence electrons. The lowest BCUT2D eigenvalue weighted by Gasteiger charge is -2.32. The molecule has 3 rings (SSSR count). The monoisotopic (exact) mass is 359 g/mol. The number of carbonyl (C=O) groups is 1. The number of ether oxygens (including phenoxy) is 1. The Kier molecular flexibility index (Phi) is 6.42. The first-order chi connectivity index (χ1) is 12.2. The lowest BCUT2D eigenvalue weighted by atomic mass is 10.1. The number of nitrogens with one attached hydrogen (secondary N) is 1. The van der Waals surface area contributed by atoms with Crippen LogP contribution in [0.1, 0.15) is 29.0 Å². The van der Waals surface area contributed by atoms with Gasteiger partial charge in [0.15, 0.2) is 0 Å². The van der Waals surface area contributed by atoms with E-state index in [-0.39, 0.29) is 12.1 Å². The largest absolute Gasteiger partial charge is 0.370 e. The number of piperidine rings is 1. The summed E-state index contributed by atoms with van der Waals surface area (Å²) in [5.41, 5.74) is 2.23. The van der Waals surface area contributed by atoms with Crippen LogP contribution in [0, 0.1) is 6.92 Å². The second-order valence-electron chi connectivity index (χ2n) is 6.35. The fourth-order valence-corrected chi connectivity index (χ4v) is 3.91. The highest BCUT2D eigenvalue weighted by Crippen LogP contribution is 2.16. The van der Waals surface area contributed by atoms with Crippen molar-refractivity contribution in [2.45, 2.75) is 38.9 Å². The number of nitrogens with zero attached hydrogens (tertiary/aromatic N) is 2. The van der Waals surface area contributed by atoms with Crippen LogP contribution in [0.4, 0.5) is 4.79 Å². The predicted octanol–water partition coefficient (Wildman–Crippen LogP) is 3.38. The number of likely N-dealkylation sites (tertiary alicyclic amines) is 1. The Morgan fingerprint density at radius 3 is 3.12 bits per heavy atom. The van der Waals surface area contributed by atoms with Gasteiger partial charge in [-0.3, -0.25) is 4.98 Å². The standard InChI is InChI=1S/C19H25N3O2S/c1-15-8-12-25-18(15)7-10-21-19(23)22-11-4-6-17(13-22)24-14-16-5-2-3-9-20-16/h2-3,5,8-9,12,17H,4,6-7,10-11,13-14H2,1H3,(H,21,23). The molecule has 2 aromatic heterocycles. The van der Waals surface area contributed by atoms with Gasteiger partial charge in [0, 0.05) is 30.7 Å². The third-order valence-corrected chi connectivity index (χ3v) is 5.54. The van der Waals surface area contributed by atoms with Crippen molar-refractivity contribution in [2.75, 3.05) is 19.6 Å². The Balaban J connectivity index is 1.41. The lowest BCUT2D eigenvalue weighted by Crippen LogP contribution is -2.48. The Morgan fingerprint density at radius 1 is 1.44 bits per heavy atom. The van der Waals surface area contributed by atoms with Crippen molar-refractivity contribution in [1.29, 1.82) is 0 Å². The van der Waals surface area contributed by atoms with Crippen LogP contribution < -0.4 is 5.32 Å². The second kappa shape index (κ2) is 8.97. The highest BCUT2D eigenvalue weighted by Gasteiger charge is 2.24. The van der Waals surface area contributed by atoms with Crippen molar-refractivity contribution in [3.05, 3.63) is 52.0 Å². The molecule has 25 heavy (non-hydrogen) atoms. The second-order valence-corrected chi connectivity index (χ2v) is 7.35. The smallest absolute Gasteiger partial charge is 0.317 e. The molecule has 0 saturated carbocycles. The van der Waals surface area contributed by atoms with E-state index in [4.69, 9.17) is 4.74 Å². The van der Waals surface area contributed by atoms with Gasteiger partial charge < -0.3 is 15.0 Å². The summed E-state index contributed by atoms with van der Waals surface area (Å²) in [6.45, 7) is 4.74. The molecule has 0 aliphatic carbocycles. The number of carbonyl (C=O) groups excluding carboxylic acids is 1. The van der Waals surface area contributed by atoms with Gasteiger partial charge in [0.25, 0.3) is 0 Å². The number of thiophene rings is 1. The Labute approximate surface area is 153 Å². The quantitative estimate of drug-likeness (QED) is 0.860. The third kappa shape index (κ3) is 5.28. The molecule has 2 aromatic rings. The minimum atomic E-state index is 0.0142. The van der Waals surface area contributed by atoms with Gasteiger partial charge in [-0.2, -0.15) is 0 Å². The first-order valence-corrected chi connectivity index (χ1v) is 9.67. The van der Waals surface area contributed by atoms with Crippen LogP contribution in [0.15, 0.2) is 35.8 Å². The summed E-state index contributed by atoms with van der Waals surface area (Å²) >= 11 is 1.75. The van der Waals surface area contributed by atoms with E-state index in [1.807, 2.05) is 23.1 Å². The number of hydrogen-bond donors (Lipinski definition) is 1. The molecule has 1 unspecified atom stereocenters. The molecule has 1 N–H and O–H groups in total. The molecule has 2 amide bonds. The maximum Gasteiger partial charge on any atom is 0.317 e. The van der Waals surface area contributed by atoms with Crippen LogP contribution in [-0.4, -0.2) is 41.7 Å². The number of aromatic nitrogens is 1. The highest BCUT2D eigenvalue weighted by atomic mass is 32.1. The molecule has 1 saturated heterocycles. The Morgan fingerprint density at radius 2 is 2.36 bits per heavy atom. The van der Waals surface area contributed by atoms with E-state index in [9.17, 15) is 4.79 Å². The molecule has 5 nitrogen and oxygen atoms in total. The molecule has 6 heteroatoms. The minimum Gasteiger partial charge on any atom is -0.370 e. The van der Waals surface area contributed by atoms with Gasteiger partial charge in [-0.1, -0.05) is 6.07 Å². The van der Waals surface area contributed by atoms with Crippen molar-refractivity contribution >= 4 is 17.4 Å². The van der Waals surface area contributed by atoms with Gasteiger partial charge in [-0.05, 0) is 55.3 Å². The number of rotatable bonds is 6. The molecule has 0 bridgehead atoms. The lowest BCUT2D eigenvalue weighted by molar-refractivity contribution is -0.00162. The van der Waals surface area contributed by atoms with Gasteiger partial charge >= 0.3 is 6.03 Å². The maximum absolute atomic E-state index is 12.4. The van der Waals surface area contributed by atoms with E-state index in [1.165, 1.54) is 10.4 Å². The van der Waals surface area contributed by atoms with E-state index in [2.05, 4.69) is 28.7 Å². The Hall–Kier alpha value is -1.92. The van der Waals surface area contributed by atoms with Gasteiger partial charge in [-0.15, -0.1) is 11.3 Å². The average Bonchev–Trinajstić information content (AvgIpc) is 3.06. The van der Waals surface area contributed by atoms with Crippen molar-refractivity contribution in [3.8, 4) is 0 Å². The van der Waals surface area contributed by atoms with Crippen LogP contribution in [0.2, 0.25) is 0 Å². The number of urea groups is 1. The molecule has 1 aliphatic rings. The normalized spacial score (nSPS) is 17.5. The molecule has 0 radical (unpaired) electrons. The van der Waals surface area contributed by atoms with E-state index in [1.54, 1.807) is 17.5 Å². The summed E-state index contributed by atoms with van der Waals surface area (Å²) in [5, 5.41) is 5.14. The summed E-state index contributed by atoms with van der Waals surface area (Å²) in [5.74, 6) is 0. The van der Waals surface area contributed by atoms with Gasteiger partial charge in [0.1, 0.15) is 0 Å². The molecular formula is C19H25N3O2S. The molecule has 1 fully saturated rings. The van der Waals surface area contributed by atoms with E-state index < -0.39 is 0 Å². The summed E-state index contributed by atoms with van der Waals surface area (Å²) in [4.78, 5) is 19.9. The number of amides is 2. The minimum absolute atomic E-state index is 0.0142. The van der Waals surface area contributed by atoms with Crippen LogP contribution in [0.25, 0.3) is 0 Å². The van der Waals surface area contributed by atoms with E-state index >= 15 is 0 Å². The molecule has 0 aromatic carbocycles. The zero-order valence-corrected chi connectivity index (χ0v) is 15.4. The molecule has 0 spiro atoms. The predicted molar refractivity (Wildman–Crippen MR) is 99.8 cm³/mol. The molecule has 1 aliphatic heterocycles. The molecular weight excluding hydrogens is 334 g/mol. The van der Waals surface area contributed by atoms with Crippen molar-refractivity contribution in [2.24, 2.45) is 0 Å². The summed E-state index contributed by atoms with van der Waals surface area (Å²) < 4.78 is 5.95.